The van der Waals surface area contributed by atoms with E-state index in [-0.39, 0.29) is 6.10 Å². The minimum atomic E-state index is -0.644. The lowest BCUT2D eigenvalue weighted by Crippen LogP contribution is -2.43. The second-order valence-electron chi connectivity index (χ2n) is 2.60. The lowest BCUT2D eigenvalue weighted by molar-refractivity contribution is -0.128. The zero-order chi connectivity index (χ0) is 7.72. The fraction of sp³-hybridized carbons (Fsp3) is 1.00. The summed E-state index contributed by atoms with van der Waals surface area (Å²) < 4.78 is 5.07. The highest BCUT2D eigenvalue weighted by atomic mass is 32.1. The van der Waals surface area contributed by atoms with Crippen LogP contribution in [0.3, 0.4) is 0 Å². The van der Waals surface area contributed by atoms with E-state index >= 15 is 0 Å². The van der Waals surface area contributed by atoms with Crippen LogP contribution in [0.1, 0.15) is 13.3 Å². The smallest absolute Gasteiger partial charge is 0.126 e. The van der Waals surface area contributed by atoms with Crippen LogP contribution in [0.15, 0.2) is 0 Å². The number of thiol groups is 1. The molecule has 1 heterocycles. The van der Waals surface area contributed by atoms with E-state index in [2.05, 4.69) is 12.6 Å². The summed E-state index contributed by atoms with van der Waals surface area (Å²) in [6.45, 7) is 1.76. The second-order valence-corrected chi connectivity index (χ2v) is 3.11. The minimum Gasteiger partial charge on any atom is -0.390 e. The summed E-state index contributed by atoms with van der Waals surface area (Å²) in [6, 6.07) is 0. The summed E-state index contributed by atoms with van der Waals surface area (Å²) in [6.07, 6.45) is -1.06. The van der Waals surface area contributed by atoms with E-state index in [1.807, 2.05) is 0 Å². The molecule has 1 rings (SSSR count). The number of rotatable bonds is 0. The summed E-state index contributed by atoms with van der Waals surface area (Å²) in [5.74, 6) is 0. The molecule has 4 atom stereocenters. The monoisotopic (exact) mass is 164 g/mol. The molecule has 10 heavy (non-hydrogen) atoms. The Hall–Kier alpha value is 0.230. The number of hydrogen-bond acceptors (Lipinski definition) is 4. The van der Waals surface area contributed by atoms with Gasteiger partial charge in [-0.05, 0) is 6.92 Å². The van der Waals surface area contributed by atoms with Gasteiger partial charge in [-0.15, -0.1) is 12.6 Å². The average molecular weight is 164 g/mol. The van der Waals surface area contributed by atoms with Gasteiger partial charge in [-0.25, -0.2) is 0 Å². The van der Waals surface area contributed by atoms with Gasteiger partial charge in [-0.3, -0.25) is 0 Å². The number of hydrogen-bond donors (Lipinski definition) is 3. The third-order valence-corrected chi connectivity index (χ3v) is 2.17. The van der Waals surface area contributed by atoms with E-state index in [0.717, 1.165) is 0 Å². The topological polar surface area (TPSA) is 49.7 Å². The van der Waals surface area contributed by atoms with E-state index in [0.29, 0.717) is 6.42 Å². The Balaban J connectivity index is 2.46. The molecule has 1 fully saturated rings. The van der Waals surface area contributed by atoms with Crippen molar-refractivity contribution in [2.24, 2.45) is 0 Å². The highest BCUT2D eigenvalue weighted by molar-refractivity contribution is 7.80. The van der Waals surface area contributed by atoms with Gasteiger partial charge in [-0.2, -0.15) is 0 Å². The van der Waals surface area contributed by atoms with Crippen LogP contribution in [0.25, 0.3) is 0 Å². The van der Waals surface area contributed by atoms with Gasteiger partial charge in [0.2, 0.25) is 0 Å². The fourth-order valence-corrected chi connectivity index (χ4v) is 1.27. The van der Waals surface area contributed by atoms with Crippen LogP contribution >= 0.6 is 12.6 Å². The van der Waals surface area contributed by atoms with Crippen molar-refractivity contribution in [1.29, 1.82) is 0 Å². The van der Waals surface area contributed by atoms with E-state index in [9.17, 15) is 0 Å². The first-order valence-electron chi connectivity index (χ1n) is 3.31. The molecule has 0 saturated carbocycles. The fourth-order valence-electron chi connectivity index (χ4n) is 0.957. The molecule has 1 aliphatic rings. The average Bonchev–Trinajstić information content (AvgIpc) is 1.84. The second kappa shape index (κ2) is 3.09. The van der Waals surface area contributed by atoms with E-state index in [1.54, 1.807) is 6.92 Å². The third-order valence-electron chi connectivity index (χ3n) is 1.71. The van der Waals surface area contributed by atoms with Crippen molar-refractivity contribution in [3.63, 3.8) is 0 Å². The Labute approximate surface area is 65.4 Å². The van der Waals surface area contributed by atoms with Gasteiger partial charge in [0, 0.05) is 6.42 Å². The van der Waals surface area contributed by atoms with Gasteiger partial charge in [0.05, 0.1) is 18.3 Å². The maximum absolute atomic E-state index is 9.15. The molecule has 0 aromatic carbocycles. The van der Waals surface area contributed by atoms with Gasteiger partial charge in [-0.1, -0.05) is 0 Å². The maximum Gasteiger partial charge on any atom is 0.126 e. The van der Waals surface area contributed by atoms with Crippen LogP contribution in [-0.2, 0) is 4.74 Å². The summed E-state index contributed by atoms with van der Waals surface area (Å²) in [5, 5.41) is 18.3. The quantitative estimate of drug-likeness (QED) is 0.434. The molecule has 3 nitrogen and oxygen atoms in total. The molecule has 2 N–H and O–H groups in total. The highest BCUT2D eigenvalue weighted by Gasteiger charge is 2.31. The lowest BCUT2D eigenvalue weighted by atomic mass is 10.1. The number of aliphatic hydroxyl groups is 2. The Morgan fingerprint density at radius 1 is 1.40 bits per heavy atom. The summed E-state index contributed by atoms with van der Waals surface area (Å²) in [7, 11) is 0. The molecule has 0 bridgehead atoms. The molecule has 0 aliphatic carbocycles. The molecule has 0 aromatic heterocycles. The first kappa shape index (κ1) is 8.33. The molecule has 0 spiro atoms. The van der Waals surface area contributed by atoms with Crippen molar-refractivity contribution >= 4 is 12.6 Å². The predicted molar refractivity (Wildman–Crippen MR) is 40.0 cm³/mol. The predicted octanol–water partition coefficient (Wildman–Crippen LogP) is -0.227. The van der Waals surface area contributed by atoms with Crippen LogP contribution < -0.4 is 0 Å². The Morgan fingerprint density at radius 2 is 2.00 bits per heavy atom. The van der Waals surface area contributed by atoms with Crippen LogP contribution in [0.2, 0.25) is 0 Å². The summed E-state index contributed by atoms with van der Waals surface area (Å²) in [5.41, 5.74) is -0.446. The van der Waals surface area contributed by atoms with Gasteiger partial charge in [0.1, 0.15) is 5.44 Å². The summed E-state index contributed by atoms with van der Waals surface area (Å²) in [4.78, 5) is 0. The van der Waals surface area contributed by atoms with Crippen molar-refractivity contribution in [2.75, 3.05) is 0 Å². The van der Waals surface area contributed by atoms with E-state index in [1.165, 1.54) is 0 Å². The molecule has 1 saturated heterocycles. The van der Waals surface area contributed by atoms with E-state index in [4.69, 9.17) is 14.9 Å². The van der Waals surface area contributed by atoms with Gasteiger partial charge in [0.15, 0.2) is 0 Å². The highest BCUT2D eigenvalue weighted by Crippen LogP contribution is 2.21. The number of aliphatic hydroxyl groups excluding tert-OH is 2. The number of ether oxygens (including phenoxy) is 1. The van der Waals surface area contributed by atoms with Gasteiger partial charge >= 0.3 is 0 Å². The van der Waals surface area contributed by atoms with Gasteiger partial charge in [0.25, 0.3) is 0 Å². The van der Waals surface area contributed by atoms with Crippen molar-refractivity contribution in [3.05, 3.63) is 0 Å². The Bertz CT molecular complexity index is 93.6. The Morgan fingerprint density at radius 3 is 2.50 bits per heavy atom. The first-order chi connectivity index (χ1) is 4.61. The van der Waals surface area contributed by atoms with Crippen molar-refractivity contribution in [3.8, 4) is 0 Å². The molecular formula is C6H12O3S. The standard InChI is InChI=1S/C6H12O3S/c1-3-4(7)2-5(8)6(10)9-3/h3-8,10H,2H2,1H3/t3-,4?,5+,6?/m0/s1. The first-order valence-corrected chi connectivity index (χ1v) is 3.82. The SMILES string of the molecule is C[C@@H]1OC(S)[C@H](O)CC1O. The molecule has 2 unspecified atom stereocenters. The normalized spacial score (nSPS) is 49.2. The van der Waals surface area contributed by atoms with Crippen LogP contribution in [0, 0.1) is 0 Å². The third kappa shape index (κ3) is 1.63. The minimum absolute atomic E-state index is 0.217. The van der Waals surface area contributed by atoms with Crippen molar-refractivity contribution in [1.82, 2.24) is 0 Å². The Kier molecular flexibility index (Phi) is 2.57. The molecule has 0 aromatic rings. The van der Waals surface area contributed by atoms with Crippen molar-refractivity contribution < 1.29 is 14.9 Å². The molecule has 0 amide bonds. The summed E-state index contributed by atoms with van der Waals surface area (Å²) >= 11 is 3.97. The van der Waals surface area contributed by atoms with E-state index < -0.39 is 17.6 Å². The zero-order valence-electron chi connectivity index (χ0n) is 5.77. The van der Waals surface area contributed by atoms with Crippen LogP contribution in [0.4, 0.5) is 0 Å². The lowest BCUT2D eigenvalue weighted by Gasteiger charge is -2.32. The molecule has 1 aliphatic heterocycles. The maximum atomic E-state index is 9.15. The van der Waals surface area contributed by atoms with Crippen LogP contribution in [-0.4, -0.2) is 34.0 Å². The molecule has 4 heteroatoms. The molecule has 0 radical (unpaired) electrons. The molecule has 60 valence electrons. The largest absolute Gasteiger partial charge is 0.390 e. The van der Waals surface area contributed by atoms with Crippen LogP contribution in [0.5, 0.6) is 0 Å². The zero-order valence-corrected chi connectivity index (χ0v) is 6.66. The molecular weight excluding hydrogens is 152 g/mol. The van der Waals surface area contributed by atoms with Gasteiger partial charge < -0.3 is 14.9 Å². The van der Waals surface area contributed by atoms with Crippen molar-refractivity contribution in [2.45, 2.75) is 37.1 Å².